The van der Waals surface area contributed by atoms with Gasteiger partial charge in [-0.1, -0.05) is 18.2 Å². The molecule has 2 aromatic rings. The quantitative estimate of drug-likeness (QED) is 0.873. The summed E-state index contributed by atoms with van der Waals surface area (Å²) in [6.07, 6.45) is 2.51. The third-order valence-electron chi connectivity index (χ3n) is 3.33. The van der Waals surface area contributed by atoms with Crippen molar-refractivity contribution in [1.29, 1.82) is 0 Å². The lowest BCUT2D eigenvalue weighted by Gasteiger charge is -2.18. The standard InChI is InChI=1S/C14H17N5O/c20-14(18-9-4-7-15-8-10-18)13-11-16-19(17-13)12-5-2-1-3-6-12/h1-3,5-6,11,15H,4,7-10H2. The average molecular weight is 271 g/mol. The van der Waals surface area contributed by atoms with Crippen molar-refractivity contribution in [2.75, 3.05) is 26.2 Å². The van der Waals surface area contributed by atoms with Gasteiger partial charge in [0.15, 0.2) is 5.69 Å². The van der Waals surface area contributed by atoms with Gasteiger partial charge in [0.05, 0.1) is 11.9 Å². The molecule has 1 fully saturated rings. The lowest BCUT2D eigenvalue weighted by Crippen LogP contribution is -2.34. The van der Waals surface area contributed by atoms with E-state index in [1.54, 1.807) is 0 Å². The van der Waals surface area contributed by atoms with Crippen LogP contribution in [0.15, 0.2) is 36.5 Å². The van der Waals surface area contributed by atoms with Crippen LogP contribution >= 0.6 is 0 Å². The maximum atomic E-state index is 12.4. The van der Waals surface area contributed by atoms with Gasteiger partial charge in [-0.05, 0) is 25.1 Å². The third kappa shape index (κ3) is 2.70. The van der Waals surface area contributed by atoms with Crippen LogP contribution in [0.2, 0.25) is 0 Å². The molecule has 2 heterocycles. The maximum Gasteiger partial charge on any atom is 0.276 e. The Balaban J connectivity index is 1.77. The highest BCUT2D eigenvalue weighted by atomic mass is 16.2. The molecule has 1 saturated heterocycles. The van der Waals surface area contributed by atoms with E-state index in [-0.39, 0.29) is 5.91 Å². The van der Waals surface area contributed by atoms with Gasteiger partial charge in [0.25, 0.3) is 5.91 Å². The van der Waals surface area contributed by atoms with Crippen molar-refractivity contribution in [2.45, 2.75) is 6.42 Å². The number of nitrogens with one attached hydrogen (secondary N) is 1. The molecule has 0 aliphatic carbocycles. The fraction of sp³-hybridized carbons (Fsp3) is 0.357. The summed E-state index contributed by atoms with van der Waals surface area (Å²) in [5, 5.41) is 11.7. The molecule has 1 aliphatic heterocycles. The molecule has 0 spiro atoms. The van der Waals surface area contributed by atoms with Crippen LogP contribution in [0.5, 0.6) is 0 Å². The second kappa shape index (κ2) is 5.83. The molecule has 0 saturated carbocycles. The van der Waals surface area contributed by atoms with Crippen LogP contribution in [0.3, 0.4) is 0 Å². The van der Waals surface area contributed by atoms with E-state index in [2.05, 4.69) is 15.5 Å². The lowest BCUT2D eigenvalue weighted by atomic mass is 10.3. The first-order valence-corrected chi connectivity index (χ1v) is 6.82. The van der Waals surface area contributed by atoms with Crippen LogP contribution in [0, 0.1) is 0 Å². The topological polar surface area (TPSA) is 63.1 Å². The van der Waals surface area contributed by atoms with Crippen LogP contribution in [0.1, 0.15) is 16.9 Å². The van der Waals surface area contributed by atoms with Gasteiger partial charge in [0.2, 0.25) is 0 Å². The Morgan fingerprint density at radius 3 is 2.85 bits per heavy atom. The molecule has 1 aromatic carbocycles. The molecular weight excluding hydrogens is 254 g/mol. The Labute approximate surface area is 117 Å². The minimum atomic E-state index is -0.0455. The average Bonchev–Trinajstić information content (AvgIpc) is 2.83. The van der Waals surface area contributed by atoms with Crippen molar-refractivity contribution in [1.82, 2.24) is 25.2 Å². The van der Waals surface area contributed by atoms with Gasteiger partial charge in [-0.2, -0.15) is 9.90 Å². The summed E-state index contributed by atoms with van der Waals surface area (Å²) in [5.41, 5.74) is 1.25. The molecule has 6 nitrogen and oxygen atoms in total. The van der Waals surface area contributed by atoms with E-state index in [1.807, 2.05) is 35.2 Å². The van der Waals surface area contributed by atoms with Crippen molar-refractivity contribution in [3.63, 3.8) is 0 Å². The first kappa shape index (κ1) is 12.8. The van der Waals surface area contributed by atoms with Gasteiger partial charge in [0, 0.05) is 19.6 Å². The zero-order valence-corrected chi connectivity index (χ0v) is 11.2. The Hall–Kier alpha value is -2.21. The third-order valence-corrected chi connectivity index (χ3v) is 3.33. The van der Waals surface area contributed by atoms with E-state index in [4.69, 9.17) is 0 Å². The number of benzene rings is 1. The van der Waals surface area contributed by atoms with Gasteiger partial charge in [-0.15, -0.1) is 5.10 Å². The van der Waals surface area contributed by atoms with Crippen molar-refractivity contribution >= 4 is 5.91 Å². The predicted molar refractivity (Wildman–Crippen MR) is 74.7 cm³/mol. The second-order valence-corrected chi connectivity index (χ2v) is 4.75. The van der Waals surface area contributed by atoms with Crippen molar-refractivity contribution in [3.8, 4) is 5.69 Å². The van der Waals surface area contributed by atoms with Crippen LogP contribution in [-0.4, -0.2) is 52.0 Å². The van der Waals surface area contributed by atoms with Crippen molar-refractivity contribution in [2.24, 2.45) is 0 Å². The summed E-state index contributed by atoms with van der Waals surface area (Å²) in [6.45, 7) is 3.28. The number of carbonyl (C=O) groups excluding carboxylic acids is 1. The fourth-order valence-electron chi connectivity index (χ4n) is 2.26. The van der Waals surface area contributed by atoms with Gasteiger partial charge >= 0.3 is 0 Å². The van der Waals surface area contributed by atoms with Gasteiger partial charge < -0.3 is 10.2 Å². The zero-order chi connectivity index (χ0) is 13.8. The molecule has 0 bridgehead atoms. The lowest BCUT2D eigenvalue weighted by molar-refractivity contribution is 0.0760. The number of hydrogen-bond donors (Lipinski definition) is 1. The first-order valence-electron chi connectivity index (χ1n) is 6.82. The van der Waals surface area contributed by atoms with Crippen LogP contribution < -0.4 is 5.32 Å². The largest absolute Gasteiger partial charge is 0.336 e. The van der Waals surface area contributed by atoms with Gasteiger partial charge in [-0.3, -0.25) is 4.79 Å². The minimum absolute atomic E-state index is 0.0455. The van der Waals surface area contributed by atoms with Crippen molar-refractivity contribution < 1.29 is 4.79 Å². The highest BCUT2D eigenvalue weighted by Gasteiger charge is 2.20. The Kier molecular flexibility index (Phi) is 3.73. The number of nitrogens with zero attached hydrogens (tertiary/aromatic N) is 4. The summed E-state index contributed by atoms with van der Waals surface area (Å²) in [7, 11) is 0. The molecule has 3 rings (SSSR count). The molecule has 1 amide bonds. The summed E-state index contributed by atoms with van der Waals surface area (Å²) in [5.74, 6) is -0.0455. The first-order chi connectivity index (χ1) is 9.84. The zero-order valence-electron chi connectivity index (χ0n) is 11.2. The van der Waals surface area contributed by atoms with Gasteiger partial charge in [0.1, 0.15) is 0 Å². The molecule has 20 heavy (non-hydrogen) atoms. The number of carbonyl (C=O) groups is 1. The molecule has 1 aromatic heterocycles. The van der Waals surface area contributed by atoms with Crippen molar-refractivity contribution in [3.05, 3.63) is 42.2 Å². The normalized spacial score (nSPS) is 15.9. The SMILES string of the molecule is O=C(c1cnn(-c2ccccc2)n1)N1CCCNCC1. The van der Waals surface area contributed by atoms with E-state index in [9.17, 15) is 4.79 Å². The molecular formula is C14H17N5O. The molecule has 6 heteroatoms. The van der Waals surface area contributed by atoms with E-state index in [0.29, 0.717) is 5.69 Å². The number of hydrogen-bond acceptors (Lipinski definition) is 4. The molecule has 0 unspecified atom stereocenters. The summed E-state index contributed by atoms with van der Waals surface area (Å²) >= 11 is 0. The highest BCUT2D eigenvalue weighted by molar-refractivity contribution is 5.92. The molecule has 0 radical (unpaired) electrons. The number of rotatable bonds is 2. The highest BCUT2D eigenvalue weighted by Crippen LogP contribution is 2.07. The van der Waals surface area contributed by atoms with E-state index >= 15 is 0 Å². The Bertz CT molecular complexity index is 572. The maximum absolute atomic E-state index is 12.4. The monoisotopic (exact) mass is 271 g/mol. The summed E-state index contributed by atoms with van der Waals surface area (Å²) in [4.78, 5) is 15.7. The van der Waals surface area contributed by atoms with Gasteiger partial charge in [-0.25, -0.2) is 0 Å². The van der Waals surface area contributed by atoms with E-state index in [1.165, 1.54) is 11.0 Å². The summed E-state index contributed by atoms with van der Waals surface area (Å²) < 4.78 is 0. The Morgan fingerprint density at radius 2 is 2.00 bits per heavy atom. The summed E-state index contributed by atoms with van der Waals surface area (Å²) in [6, 6.07) is 9.58. The molecule has 1 N–H and O–H groups in total. The second-order valence-electron chi connectivity index (χ2n) is 4.75. The van der Waals surface area contributed by atoms with E-state index < -0.39 is 0 Å². The Morgan fingerprint density at radius 1 is 1.15 bits per heavy atom. The number of amides is 1. The minimum Gasteiger partial charge on any atom is -0.336 e. The molecule has 104 valence electrons. The molecule has 0 atom stereocenters. The molecule has 1 aliphatic rings. The van der Waals surface area contributed by atoms with Crippen LogP contribution in [0.25, 0.3) is 5.69 Å². The predicted octanol–water partition coefficient (Wildman–Crippen LogP) is 0.703. The van der Waals surface area contributed by atoms with E-state index in [0.717, 1.165) is 38.3 Å². The number of aromatic nitrogens is 3. The fourth-order valence-corrected chi connectivity index (χ4v) is 2.26. The van der Waals surface area contributed by atoms with Crippen LogP contribution in [-0.2, 0) is 0 Å². The van der Waals surface area contributed by atoms with Crippen LogP contribution in [0.4, 0.5) is 0 Å². The number of para-hydroxylation sites is 1. The smallest absolute Gasteiger partial charge is 0.276 e.